The summed E-state index contributed by atoms with van der Waals surface area (Å²) in [6.07, 6.45) is 1.40. The van der Waals surface area contributed by atoms with Gasteiger partial charge in [-0.15, -0.1) is 0 Å². The molecule has 8 heteroatoms. The van der Waals surface area contributed by atoms with E-state index in [1.165, 1.54) is 42.6 Å². The van der Waals surface area contributed by atoms with Crippen molar-refractivity contribution in [2.75, 3.05) is 0 Å². The Morgan fingerprint density at radius 3 is 2.48 bits per heavy atom. The number of nitrogens with one attached hydrogen (secondary N) is 1. The summed E-state index contributed by atoms with van der Waals surface area (Å²) in [4.78, 5) is 15.6. The zero-order chi connectivity index (χ0) is 15.5. The predicted octanol–water partition coefficient (Wildman–Crippen LogP) is 0.365. The van der Waals surface area contributed by atoms with E-state index >= 15 is 0 Å². The highest BCUT2D eigenvalue weighted by atomic mass is 32.2. The Morgan fingerprint density at radius 2 is 1.90 bits per heavy atom. The number of hydrogen-bond donors (Lipinski definition) is 3. The van der Waals surface area contributed by atoms with E-state index in [4.69, 9.17) is 5.14 Å². The van der Waals surface area contributed by atoms with Crippen LogP contribution in [-0.2, 0) is 16.6 Å². The van der Waals surface area contributed by atoms with E-state index in [0.717, 1.165) is 0 Å². The molecule has 0 bridgehead atoms. The number of hydrogen-bond acceptors (Lipinski definition) is 5. The largest absolute Gasteiger partial charge is 0.505 e. The van der Waals surface area contributed by atoms with Crippen molar-refractivity contribution < 1.29 is 18.3 Å². The minimum Gasteiger partial charge on any atom is -0.505 e. The Hall–Kier alpha value is -2.45. The molecule has 0 aliphatic heterocycles. The van der Waals surface area contributed by atoms with Gasteiger partial charge in [0.15, 0.2) is 5.69 Å². The van der Waals surface area contributed by atoms with Gasteiger partial charge in [-0.25, -0.2) is 18.5 Å². The van der Waals surface area contributed by atoms with Crippen LogP contribution in [0.1, 0.15) is 16.1 Å². The summed E-state index contributed by atoms with van der Waals surface area (Å²) < 4.78 is 22.2. The predicted molar refractivity (Wildman–Crippen MR) is 74.9 cm³/mol. The highest BCUT2D eigenvalue weighted by molar-refractivity contribution is 7.89. The molecule has 4 N–H and O–H groups in total. The third kappa shape index (κ3) is 3.77. The topological polar surface area (TPSA) is 122 Å². The van der Waals surface area contributed by atoms with Crippen LogP contribution in [0.3, 0.4) is 0 Å². The number of carbonyl (C=O) groups excluding carboxylic acids is 1. The standard InChI is InChI=1S/C13H13N3O4S/c14-21(19,20)10-5-3-9(4-6-10)8-16-13(18)12-11(17)2-1-7-15-12/h1-7,17H,8H2,(H,16,18)(H2,14,19,20). The molecule has 0 fully saturated rings. The van der Waals surface area contributed by atoms with Crippen LogP contribution >= 0.6 is 0 Å². The first-order valence-corrected chi connectivity index (χ1v) is 7.46. The maximum Gasteiger partial charge on any atom is 0.273 e. The number of aromatic hydroxyl groups is 1. The fraction of sp³-hybridized carbons (Fsp3) is 0.0769. The van der Waals surface area contributed by atoms with Gasteiger partial charge in [0, 0.05) is 12.7 Å². The molecule has 0 radical (unpaired) electrons. The summed E-state index contributed by atoms with van der Waals surface area (Å²) >= 11 is 0. The average Bonchev–Trinajstić information content (AvgIpc) is 2.45. The Morgan fingerprint density at radius 1 is 1.24 bits per heavy atom. The Labute approximate surface area is 121 Å². The lowest BCUT2D eigenvalue weighted by atomic mass is 10.2. The van der Waals surface area contributed by atoms with E-state index < -0.39 is 15.9 Å². The first-order chi connectivity index (χ1) is 9.88. The van der Waals surface area contributed by atoms with Crippen molar-refractivity contribution in [3.05, 3.63) is 53.9 Å². The summed E-state index contributed by atoms with van der Waals surface area (Å²) in [5.74, 6) is -0.733. The highest BCUT2D eigenvalue weighted by Gasteiger charge is 2.12. The molecule has 0 spiro atoms. The highest BCUT2D eigenvalue weighted by Crippen LogP contribution is 2.13. The second-order valence-corrected chi connectivity index (χ2v) is 5.80. The quantitative estimate of drug-likeness (QED) is 0.753. The van der Waals surface area contributed by atoms with Crippen LogP contribution in [0.5, 0.6) is 5.75 Å². The number of nitrogens with zero attached hydrogens (tertiary/aromatic N) is 1. The summed E-state index contributed by atoms with van der Waals surface area (Å²) in [5.41, 5.74) is 0.616. The lowest BCUT2D eigenvalue weighted by molar-refractivity contribution is 0.0943. The normalized spacial score (nSPS) is 11.1. The molecule has 1 heterocycles. The lowest BCUT2D eigenvalue weighted by Gasteiger charge is -2.06. The summed E-state index contributed by atoms with van der Waals surface area (Å²) in [5, 5.41) is 17.1. The number of amides is 1. The molecule has 2 aromatic rings. The van der Waals surface area contributed by atoms with Crippen LogP contribution in [0.25, 0.3) is 0 Å². The summed E-state index contributed by atoms with van der Waals surface area (Å²) in [6.45, 7) is 0.166. The monoisotopic (exact) mass is 307 g/mol. The molecule has 0 aliphatic carbocycles. The molecule has 1 aromatic heterocycles. The van der Waals surface area contributed by atoms with Gasteiger partial charge in [-0.3, -0.25) is 4.79 Å². The number of sulfonamides is 1. The van der Waals surface area contributed by atoms with E-state index in [2.05, 4.69) is 10.3 Å². The van der Waals surface area contributed by atoms with Gasteiger partial charge in [0.05, 0.1) is 4.90 Å². The molecule has 21 heavy (non-hydrogen) atoms. The van der Waals surface area contributed by atoms with Crippen molar-refractivity contribution >= 4 is 15.9 Å². The average molecular weight is 307 g/mol. The van der Waals surface area contributed by atoms with E-state index in [0.29, 0.717) is 5.56 Å². The van der Waals surface area contributed by atoms with Crippen molar-refractivity contribution in [1.29, 1.82) is 0 Å². The molecule has 7 nitrogen and oxygen atoms in total. The molecular formula is C13H13N3O4S. The smallest absolute Gasteiger partial charge is 0.273 e. The maximum atomic E-state index is 11.8. The van der Waals surface area contributed by atoms with Gasteiger partial charge in [0.1, 0.15) is 5.75 Å². The fourth-order valence-corrected chi connectivity index (χ4v) is 2.15. The van der Waals surface area contributed by atoms with Crippen LogP contribution in [-0.4, -0.2) is 24.4 Å². The van der Waals surface area contributed by atoms with Gasteiger partial charge in [0.2, 0.25) is 10.0 Å². The molecule has 0 saturated carbocycles. The molecular weight excluding hydrogens is 294 g/mol. The van der Waals surface area contributed by atoms with Crippen LogP contribution in [0, 0.1) is 0 Å². The first-order valence-electron chi connectivity index (χ1n) is 5.92. The SMILES string of the molecule is NS(=O)(=O)c1ccc(CNC(=O)c2ncccc2O)cc1. The van der Waals surface area contributed by atoms with E-state index in [9.17, 15) is 18.3 Å². The molecule has 2 rings (SSSR count). The van der Waals surface area contributed by atoms with Gasteiger partial charge in [0.25, 0.3) is 5.91 Å². The summed E-state index contributed by atoms with van der Waals surface area (Å²) in [7, 11) is -3.73. The number of carbonyl (C=O) groups is 1. The van der Waals surface area contributed by atoms with Gasteiger partial charge >= 0.3 is 0 Å². The van der Waals surface area contributed by atoms with Crippen LogP contribution in [0.15, 0.2) is 47.5 Å². The Bertz CT molecular complexity index is 757. The van der Waals surface area contributed by atoms with Crippen molar-refractivity contribution in [2.24, 2.45) is 5.14 Å². The molecule has 0 atom stereocenters. The number of benzene rings is 1. The minimum atomic E-state index is -3.73. The number of primary sulfonamides is 1. The van der Waals surface area contributed by atoms with E-state index in [1.807, 2.05) is 0 Å². The van der Waals surface area contributed by atoms with E-state index in [1.54, 1.807) is 0 Å². The molecule has 0 unspecified atom stereocenters. The summed E-state index contributed by atoms with van der Waals surface area (Å²) in [6, 6.07) is 8.67. The third-order valence-electron chi connectivity index (χ3n) is 2.71. The van der Waals surface area contributed by atoms with Crippen molar-refractivity contribution in [2.45, 2.75) is 11.4 Å². The number of rotatable bonds is 4. The van der Waals surface area contributed by atoms with Gasteiger partial charge in [-0.1, -0.05) is 12.1 Å². The molecule has 1 amide bonds. The van der Waals surface area contributed by atoms with E-state index in [-0.39, 0.29) is 22.9 Å². The van der Waals surface area contributed by atoms with Crippen LogP contribution in [0.4, 0.5) is 0 Å². The van der Waals surface area contributed by atoms with Gasteiger partial charge in [-0.05, 0) is 29.8 Å². The number of nitrogens with two attached hydrogens (primary N) is 1. The Kier molecular flexibility index (Phi) is 4.20. The van der Waals surface area contributed by atoms with Gasteiger partial charge in [-0.2, -0.15) is 0 Å². The minimum absolute atomic E-state index is 0.0000491. The number of pyridine rings is 1. The first kappa shape index (κ1) is 14.9. The second kappa shape index (κ2) is 5.90. The lowest BCUT2D eigenvalue weighted by Crippen LogP contribution is -2.23. The molecule has 0 aliphatic rings. The molecule has 0 saturated heterocycles. The zero-order valence-electron chi connectivity index (χ0n) is 10.9. The van der Waals surface area contributed by atoms with Crippen molar-refractivity contribution in [3.63, 3.8) is 0 Å². The molecule has 110 valence electrons. The fourth-order valence-electron chi connectivity index (χ4n) is 1.63. The van der Waals surface area contributed by atoms with Gasteiger partial charge < -0.3 is 10.4 Å². The number of aromatic nitrogens is 1. The Balaban J connectivity index is 2.04. The molecule has 1 aromatic carbocycles. The van der Waals surface area contributed by atoms with Crippen LogP contribution in [0.2, 0.25) is 0 Å². The van der Waals surface area contributed by atoms with Crippen molar-refractivity contribution in [3.8, 4) is 5.75 Å². The van der Waals surface area contributed by atoms with Crippen LogP contribution < -0.4 is 10.5 Å². The third-order valence-corrected chi connectivity index (χ3v) is 3.64. The van der Waals surface area contributed by atoms with Crippen molar-refractivity contribution in [1.82, 2.24) is 10.3 Å². The second-order valence-electron chi connectivity index (χ2n) is 4.24. The maximum absolute atomic E-state index is 11.8. The zero-order valence-corrected chi connectivity index (χ0v) is 11.7.